The van der Waals surface area contributed by atoms with E-state index in [0.29, 0.717) is 26.5 Å². The van der Waals surface area contributed by atoms with Crippen molar-refractivity contribution in [2.75, 3.05) is 19.5 Å². The fraction of sp³-hybridized carbons (Fsp3) is 0.200. The van der Waals surface area contributed by atoms with Crippen LogP contribution in [-0.4, -0.2) is 25.1 Å². The number of hydrogen-bond acceptors (Lipinski definition) is 6. The predicted octanol–water partition coefficient (Wildman–Crippen LogP) is 4.21. The van der Waals surface area contributed by atoms with Gasteiger partial charge in [0, 0.05) is 4.88 Å². The minimum atomic E-state index is -0.138. The molecule has 0 aliphatic rings. The highest BCUT2D eigenvalue weighted by atomic mass is 35.5. The highest BCUT2D eigenvalue weighted by molar-refractivity contribution is 7.22. The largest absolute Gasteiger partial charge is 0.495 e. The Morgan fingerprint density at radius 2 is 1.91 bits per heavy atom. The molecule has 3 rings (SSSR count). The lowest BCUT2D eigenvalue weighted by Crippen LogP contribution is -2.13. The topological polar surface area (TPSA) is 60.5 Å². The minimum absolute atomic E-state index is 0.138. The maximum Gasteiger partial charge on any atom is 0.231 e. The van der Waals surface area contributed by atoms with Gasteiger partial charge in [0.1, 0.15) is 21.7 Å². The number of nitrogens with zero attached hydrogens (tertiary/aromatic N) is 1. The Hall–Kier alpha value is -1.83. The molecule has 8 heteroatoms. The molecule has 2 heterocycles. The summed E-state index contributed by atoms with van der Waals surface area (Å²) < 4.78 is 12.1. The van der Waals surface area contributed by atoms with Crippen LogP contribution in [0.5, 0.6) is 11.5 Å². The van der Waals surface area contributed by atoms with E-state index in [1.807, 2.05) is 12.1 Å². The summed E-state index contributed by atoms with van der Waals surface area (Å²) in [6.07, 6.45) is 0.265. The number of nitrogens with one attached hydrogen (secondary N) is 1. The first-order valence-electron chi connectivity index (χ1n) is 6.66. The van der Waals surface area contributed by atoms with Crippen LogP contribution >= 0.6 is 34.3 Å². The average Bonchev–Trinajstić information content (AvgIpc) is 3.12. The van der Waals surface area contributed by atoms with E-state index < -0.39 is 0 Å². The van der Waals surface area contributed by atoms with Crippen LogP contribution < -0.4 is 14.8 Å². The number of fused-ring (bicyclic) bond motifs is 1. The fourth-order valence-electron chi connectivity index (χ4n) is 2.11. The zero-order valence-electron chi connectivity index (χ0n) is 12.4. The predicted molar refractivity (Wildman–Crippen MR) is 94.4 cm³/mol. The number of thiazole rings is 1. The number of hydrogen-bond donors (Lipinski definition) is 1. The average molecular weight is 369 g/mol. The van der Waals surface area contributed by atoms with Crippen molar-refractivity contribution in [3.8, 4) is 11.5 Å². The van der Waals surface area contributed by atoms with E-state index in [4.69, 9.17) is 21.1 Å². The summed E-state index contributed by atoms with van der Waals surface area (Å²) in [5.74, 6) is 1.20. The number of methoxy groups -OCH3 is 2. The molecule has 0 aliphatic heterocycles. The number of thiophene rings is 1. The summed E-state index contributed by atoms with van der Waals surface area (Å²) in [7, 11) is 3.18. The second-order valence-electron chi connectivity index (χ2n) is 4.60. The number of amides is 1. The summed E-state index contributed by atoms with van der Waals surface area (Å²) in [4.78, 5) is 17.5. The standard InChI is InChI=1S/C15H13ClN2O3S2/c1-20-9-4-5-10(21-2)14-13(9)18-15(23-14)17-12(19)7-8-3-6-11(16)22-8/h3-6H,7H2,1-2H3,(H,17,18,19). The molecule has 0 aliphatic carbocycles. The van der Waals surface area contributed by atoms with Crippen LogP contribution in [-0.2, 0) is 11.2 Å². The van der Waals surface area contributed by atoms with Gasteiger partial charge < -0.3 is 14.8 Å². The monoisotopic (exact) mass is 368 g/mol. The molecule has 0 saturated heterocycles. The van der Waals surface area contributed by atoms with Crippen molar-refractivity contribution in [2.45, 2.75) is 6.42 Å². The van der Waals surface area contributed by atoms with Gasteiger partial charge in [0.2, 0.25) is 5.91 Å². The minimum Gasteiger partial charge on any atom is -0.495 e. The van der Waals surface area contributed by atoms with Crippen molar-refractivity contribution in [1.29, 1.82) is 0 Å². The Bertz CT molecular complexity index is 819. The van der Waals surface area contributed by atoms with Crippen LogP contribution in [0.1, 0.15) is 4.88 Å². The Morgan fingerprint density at radius 1 is 1.17 bits per heavy atom. The summed E-state index contributed by atoms with van der Waals surface area (Å²) >= 11 is 8.62. The summed E-state index contributed by atoms with van der Waals surface area (Å²) in [6.45, 7) is 0. The van der Waals surface area contributed by atoms with E-state index in [2.05, 4.69) is 10.3 Å². The second kappa shape index (κ2) is 6.74. The van der Waals surface area contributed by atoms with Gasteiger partial charge in [-0.2, -0.15) is 0 Å². The van der Waals surface area contributed by atoms with Crippen LogP contribution in [0.4, 0.5) is 5.13 Å². The molecule has 3 aromatic rings. The van der Waals surface area contributed by atoms with Gasteiger partial charge in [0.25, 0.3) is 0 Å². The molecule has 0 bridgehead atoms. The molecule has 5 nitrogen and oxygen atoms in total. The van der Waals surface area contributed by atoms with Crippen molar-refractivity contribution < 1.29 is 14.3 Å². The molecule has 0 spiro atoms. The van der Waals surface area contributed by atoms with Crippen molar-refractivity contribution >= 4 is 55.5 Å². The Balaban J connectivity index is 1.84. The highest BCUT2D eigenvalue weighted by Crippen LogP contribution is 2.38. The molecule has 1 amide bonds. The van der Waals surface area contributed by atoms with Gasteiger partial charge in [-0.05, 0) is 24.3 Å². The molecule has 0 saturated carbocycles. The zero-order chi connectivity index (χ0) is 16.4. The summed E-state index contributed by atoms with van der Waals surface area (Å²) in [5, 5.41) is 3.32. The number of aromatic nitrogens is 1. The number of carbonyl (C=O) groups is 1. The van der Waals surface area contributed by atoms with Gasteiger partial charge in [0.05, 0.1) is 25.0 Å². The van der Waals surface area contributed by atoms with Gasteiger partial charge in [0.15, 0.2) is 5.13 Å². The lowest BCUT2D eigenvalue weighted by atomic mass is 10.3. The van der Waals surface area contributed by atoms with Crippen molar-refractivity contribution in [2.24, 2.45) is 0 Å². The van der Waals surface area contributed by atoms with E-state index in [1.165, 1.54) is 22.7 Å². The third kappa shape index (κ3) is 3.41. The maximum absolute atomic E-state index is 12.1. The number of benzene rings is 1. The van der Waals surface area contributed by atoms with Crippen LogP contribution in [0.25, 0.3) is 10.2 Å². The number of carbonyl (C=O) groups excluding carboxylic acids is 1. The molecule has 0 atom stereocenters. The smallest absolute Gasteiger partial charge is 0.231 e. The van der Waals surface area contributed by atoms with Crippen LogP contribution in [0, 0.1) is 0 Å². The van der Waals surface area contributed by atoms with E-state index in [0.717, 1.165) is 9.58 Å². The van der Waals surface area contributed by atoms with Crippen molar-refractivity contribution in [1.82, 2.24) is 4.98 Å². The van der Waals surface area contributed by atoms with Crippen LogP contribution in [0.15, 0.2) is 24.3 Å². The maximum atomic E-state index is 12.1. The van der Waals surface area contributed by atoms with Gasteiger partial charge in [-0.25, -0.2) is 4.98 Å². The Kier molecular flexibility index (Phi) is 4.70. The van der Waals surface area contributed by atoms with Crippen LogP contribution in [0.2, 0.25) is 4.34 Å². The normalized spacial score (nSPS) is 10.7. The second-order valence-corrected chi connectivity index (χ2v) is 7.40. The van der Waals surface area contributed by atoms with Crippen LogP contribution in [0.3, 0.4) is 0 Å². The zero-order valence-corrected chi connectivity index (χ0v) is 14.8. The third-order valence-corrected chi connectivity index (χ3v) is 5.34. The van der Waals surface area contributed by atoms with Gasteiger partial charge in [-0.15, -0.1) is 11.3 Å². The third-order valence-electron chi connectivity index (χ3n) is 3.12. The lowest BCUT2D eigenvalue weighted by Gasteiger charge is -2.03. The first kappa shape index (κ1) is 16.0. The van der Waals surface area contributed by atoms with Gasteiger partial charge in [-0.1, -0.05) is 22.9 Å². The van der Waals surface area contributed by atoms with E-state index in [9.17, 15) is 4.79 Å². The van der Waals surface area contributed by atoms with E-state index >= 15 is 0 Å². The molecule has 2 aromatic heterocycles. The molecule has 0 fully saturated rings. The van der Waals surface area contributed by atoms with Crippen molar-refractivity contribution in [3.05, 3.63) is 33.5 Å². The number of anilines is 1. The first-order valence-corrected chi connectivity index (χ1v) is 8.67. The fourth-order valence-corrected chi connectivity index (χ4v) is 4.18. The number of rotatable bonds is 5. The first-order chi connectivity index (χ1) is 11.1. The summed E-state index contributed by atoms with van der Waals surface area (Å²) in [6, 6.07) is 7.23. The molecular weight excluding hydrogens is 356 g/mol. The molecular formula is C15H13ClN2O3S2. The number of halogens is 1. The molecule has 0 radical (unpaired) electrons. The SMILES string of the molecule is COc1ccc(OC)c2sc(NC(=O)Cc3ccc(Cl)s3)nc12. The number of ether oxygens (including phenoxy) is 2. The molecule has 120 valence electrons. The quantitative estimate of drug-likeness (QED) is 0.732. The molecule has 23 heavy (non-hydrogen) atoms. The van der Waals surface area contributed by atoms with Gasteiger partial charge >= 0.3 is 0 Å². The Morgan fingerprint density at radius 3 is 2.57 bits per heavy atom. The highest BCUT2D eigenvalue weighted by Gasteiger charge is 2.15. The lowest BCUT2D eigenvalue weighted by molar-refractivity contribution is -0.115. The summed E-state index contributed by atoms with van der Waals surface area (Å²) in [5.41, 5.74) is 0.673. The van der Waals surface area contributed by atoms with E-state index in [1.54, 1.807) is 26.4 Å². The van der Waals surface area contributed by atoms with Crippen molar-refractivity contribution in [3.63, 3.8) is 0 Å². The molecule has 1 N–H and O–H groups in total. The molecule has 0 unspecified atom stereocenters. The Labute approximate surface area is 145 Å². The van der Waals surface area contributed by atoms with E-state index in [-0.39, 0.29) is 12.3 Å². The molecule has 1 aromatic carbocycles. The van der Waals surface area contributed by atoms with Gasteiger partial charge in [-0.3, -0.25) is 4.79 Å².